The fourth-order valence-electron chi connectivity index (χ4n) is 7.23. The van der Waals surface area contributed by atoms with Crippen molar-refractivity contribution in [2.45, 2.75) is 110 Å². The van der Waals surface area contributed by atoms with E-state index in [0.717, 1.165) is 56.3 Å². The van der Waals surface area contributed by atoms with Gasteiger partial charge in [-0.05, 0) is 117 Å². The molecule has 0 aromatic heterocycles. The average molecular weight is 547 g/mol. The topological polar surface area (TPSA) is 9.23 Å². The van der Waals surface area contributed by atoms with Crippen LogP contribution in [0.25, 0.3) is 0 Å². The van der Waals surface area contributed by atoms with Gasteiger partial charge in [0.15, 0.2) is 23.2 Å². The van der Waals surface area contributed by atoms with Crippen molar-refractivity contribution < 1.29 is 22.3 Å². The summed E-state index contributed by atoms with van der Waals surface area (Å²) >= 11 is 0. The lowest BCUT2D eigenvalue weighted by molar-refractivity contribution is 0.164. The van der Waals surface area contributed by atoms with Gasteiger partial charge in [0.1, 0.15) is 0 Å². The number of hydrogen-bond acceptors (Lipinski definition) is 1. The highest BCUT2D eigenvalue weighted by Crippen LogP contribution is 2.44. The third kappa shape index (κ3) is 7.19. The van der Waals surface area contributed by atoms with Crippen LogP contribution in [0.1, 0.15) is 119 Å². The highest BCUT2D eigenvalue weighted by molar-refractivity contribution is 5.33. The maximum atomic E-state index is 14.2. The predicted octanol–water partition coefficient (Wildman–Crippen LogP) is 10.6. The van der Waals surface area contributed by atoms with E-state index in [-0.39, 0.29) is 17.6 Å². The Morgan fingerprint density at radius 3 is 1.46 bits per heavy atom. The molecule has 0 unspecified atom stereocenters. The van der Waals surface area contributed by atoms with Crippen LogP contribution in [0, 0.1) is 53.9 Å². The van der Waals surface area contributed by atoms with Gasteiger partial charge in [-0.3, -0.25) is 0 Å². The zero-order chi connectivity index (χ0) is 28.1. The monoisotopic (exact) mass is 546 g/mol. The van der Waals surface area contributed by atoms with E-state index < -0.39 is 23.3 Å². The zero-order valence-corrected chi connectivity index (χ0v) is 24.2. The number of benzene rings is 2. The molecule has 2 aromatic rings. The molecule has 2 aromatic carbocycles. The first-order valence-electron chi connectivity index (χ1n) is 15.2. The molecule has 0 atom stereocenters. The van der Waals surface area contributed by atoms with Crippen LogP contribution in [0.3, 0.4) is 0 Å². The first kappa shape index (κ1) is 29.9. The van der Waals surface area contributed by atoms with Crippen LogP contribution in [-0.4, -0.2) is 7.11 Å². The number of rotatable bonds is 4. The Kier molecular flexibility index (Phi) is 10.4. The van der Waals surface area contributed by atoms with Crippen LogP contribution in [0.4, 0.5) is 17.6 Å². The van der Waals surface area contributed by atoms with Crippen molar-refractivity contribution in [2.75, 3.05) is 7.11 Å². The SMILES string of the molecule is COc1ccc(C2CCC(C)CC2)c(F)c1F.Cc1ccc(C2CCC(C3CCC(C)CC3)CC2)c(F)c1F. The van der Waals surface area contributed by atoms with Gasteiger partial charge >= 0.3 is 0 Å². The van der Waals surface area contributed by atoms with Crippen molar-refractivity contribution in [1.29, 1.82) is 0 Å². The standard InChI is InChI=1S/C20H28F2.C14H18F2O/c1-13-3-6-15(7-4-13)16-8-10-17(11-9-16)18-12-5-14(2)19(21)20(18)22;1-9-3-5-10(6-4-9)11-7-8-12(17-2)14(16)13(11)15/h5,12-13,15-17H,3-4,6-11H2,1-2H3;7-10H,3-6H2,1-2H3. The number of ether oxygens (including phenoxy) is 1. The Labute approximate surface area is 232 Å². The Bertz CT molecular complexity index is 1080. The highest BCUT2D eigenvalue weighted by atomic mass is 19.2. The molecular weight excluding hydrogens is 500 g/mol. The molecule has 0 bridgehead atoms. The third-order valence-corrected chi connectivity index (χ3v) is 10.00. The quantitative estimate of drug-likeness (QED) is 0.347. The summed E-state index contributed by atoms with van der Waals surface area (Å²) in [5.74, 6) is 0.827. The van der Waals surface area contributed by atoms with Gasteiger partial charge in [0, 0.05) is 0 Å². The van der Waals surface area contributed by atoms with Gasteiger partial charge in [0.2, 0.25) is 5.82 Å². The van der Waals surface area contributed by atoms with Crippen molar-refractivity contribution >= 4 is 0 Å². The summed E-state index contributed by atoms with van der Waals surface area (Å²) in [4.78, 5) is 0. The molecule has 1 nitrogen and oxygen atoms in total. The molecule has 3 saturated carbocycles. The Morgan fingerprint density at radius 1 is 0.538 bits per heavy atom. The minimum absolute atomic E-state index is 0.0181. The van der Waals surface area contributed by atoms with Crippen LogP contribution in [0.2, 0.25) is 0 Å². The molecule has 0 N–H and O–H groups in total. The summed E-state index contributed by atoms with van der Waals surface area (Å²) in [5, 5.41) is 0. The van der Waals surface area contributed by atoms with Crippen LogP contribution in [-0.2, 0) is 0 Å². The molecular formula is C34H46F4O. The predicted molar refractivity (Wildman–Crippen MR) is 150 cm³/mol. The van der Waals surface area contributed by atoms with Crippen LogP contribution in [0.15, 0.2) is 24.3 Å². The fraction of sp³-hybridized carbons (Fsp3) is 0.647. The van der Waals surface area contributed by atoms with E-state index in [9.17, 15) is 17.6 Å². The van der Waals surface area contributed by atoms with Gasteiger partial charge < -0.3 is 4.74 Å². The van der Waals surface area contributed by atoms with Gasteiger partial charge in [-0.1, -0.05) is 57.7 Å². The van der Waals surface area contributed by atoms with Gasteiger partial charge in [0.25, 0.3) is 0 Å². The van der Waals surface area contributed by atoms with Crippen molar-refractivity contribution in [1.82, 2.24) is 0 Å². The molecule has 3 aliphatic carbocycles. The van der Waals surface area contributed by atoms with Gasteiger partial charge in [0.05, 0.1) is 7.11 Å². The largest absolute Gasteiger partial charge is 0.494 e. The summed E-state index contributed by atoms with van der Waals surface area (Å²) in [5.41, 5.74) is 1.53. The van der Waals surface area contributed by atoms with E-state index in [2.05, 4.69) is 13.8 Å². The molecule has 0 radical (unpaired) electrons. The zero-order valence-electron chi connectivity index (χ0n) is 24.2. The molecule has 0 amide bonds. The fourth-order valence-corrected chi connectivity index (χ4v) is 7.23. The Morgan fingerprint density at radius 2 is 0.949 bits per heavy atom. The molecule has 5 heteroatoms. The highest BCUT2D eigenvalue weighted by Gasteiger charge is 2.32. The second kappa shape index (κ2) is 13.5. The first-order chi connectivity index (χ1) is 18.7. The van der Waals surface area contributed by atoms with Crippen LogP contribution in [0.5, 0.6) is 5.75 Å². The van der Waals surface area contributed by atoms with E-state index in [1.807, 2.05) is 0 Å². The summed E-state index contributed by atoms with van der Waals surface area (Å²) in [6, 6.07) is 6.72. The van der Waals surface area contributed by atoms with Gasteiger partial charge in [-0.25, -0.2) is 13.2 Å². The maximum absolute atomic E-state index is 14.2. The average Bonchev–Trinajstić information content (AvgIpc) is 2.95. The summed E-state index contributed by atoms with van der Waals surface area (Å²) in [6.45, 7) is 6.20. The molecule has 0 saturated heterocycles. The van der Waals surface area contributed by atoms with Crippen molar-refractivity contribution in [3.8, 4) is 5.75 Å². The van der Waals surface area contributed by atoms with E-state index in [1.165, 1.54) is 51.7 Å². The third-order valence-electron chi connectivity index (χ3n) is 10.00. The van der Waals surface area contributed by atoms with Crippen LogP contribution < -0.4 is 4.74 Å². The van der Waals surface area contributed by atoms with E-state index >= 15 is 0 Å². The minimum Gasteiger partial charge on any atom is -0.494 e. The number of methoxy groups -OCH3 is 1. The Hall–Kier alpha value is -2.04. The number of aryl methyl sites for hydroxylation is 1. The lowest BCUT2D eigenvalue weighted by atomic mass is 9.68. The lowest BCUT2D eigenvalue weighted by Gasteiger charge is -2.37. The molecule has 5 rings (SSSR count). The molecule has 3 aliphatic rings. The van der Waals surface area contributed by atoms with Crippen molar-refractivity contribution in [3.05, 3.63) is 64.2 Å². The normalized spacial score (nSPS) is 29.3. The van der Waals surface area contributed by atoms with Gasteiger partial charge in [-0.2, -0.15) is 4.39 Å². The number of halogens is 4. The van der Waals surface area contributed by atoms with Crippen molar-refractivity contribution in [3.63, 3.8) is 0 Å². The first-order valence-corrected chi connectivity index (χ1v) is 15.2. The maximum Gasteiger partial charge on any atom is 0.200 e. The molecule has 0 aliphatic heterocycles. The minimum atomic E-state index is -0.858. The lowest BCUT2D eigenvalue weighted by Crippen LogP contribution is -2.25. The molecule has 3 fully saturated rings. The Balaban J connectivity index is 0.000000187. The van der Waals surface area contributed by atoms with Crippen molar-refractivity contribution in [2.24, 2.45) is 23.7 Å². The summed E-state index contributed by atoms with van der Waals surface area (Å²) in [7, 11) is 1.35. The molecule has 39 heavy (non-hydrogen) atoms. The smallest absolute Gasteiger partial charge is 0.200 e. The summed E-state index contributed by atoms with van der Waals surface area (Å²) in [6.07, 6.45) is 14.0. The second-order valence-electron chi connectivity index (χ2n) is 12.7. The molecule has 0 spiro atoms. The molecule has 216 valence electrons. The summed E-state index contributed by atoms with van der Waals surface area (Å²) < 4.78 is 60.2. The molecule has 0 heterocycles. The van der Waals surface area contributed by atoms with E-state index in [1.54, 1.807) is 25.1 Å². The van der Waals surface area contributed by atoms with Crippen LogP contribution >= 0.6 is 0 Å². The van der Waals surface area contributed by atoms with E-state index in [4.69, 9.17) is 4.74 Å². The second-order valence-corrected chi connectivity index (χ2v) is 12.7. The van der Waals surface area contributed by atoms with Gasteiger partial charge in [-0.15, -0.1) is 0 Å². The van der Waals surface area contributed by atoms with E-state index in [0.29, 0.717) is 22.6 Å². The number of hydrogen-bond donors (Lipinski definition) is 0.